The van der Waals surface area contributed by atoms with Crippen LogP contribution in [-0.4, -0.2) is 35.7 Å². The number of benzene rings is 1. The lowest BCUT2D eigenvalue weighted by molar-refractivity contribution is 0.204. The van der Waals surface area contributed by atoms with Crippen LogP contribution in [-0.2, 0) is 6.54 Å². The van der Waals surface area contributed by atoms with Crippen molar-refractivity contribution in [1.82, 2.24) is 10.2 Å². The van der Waals surface area contributed by atoms with Gasteiger partial charge in [0.1, 0.15) is 6.61 Å². The molecule has 0 bridgehead atoms. The van der Waals surface area contributed by atoms with Crippen LogP contribution in [0, 0.1) is 11.8 Å². The molecule has 0 atom stereocenters. The first-order valence-corrected chi connectivity index (χ1v) is 6.24. The highest BCUT2D eigenvalue weighted by atomic mass is 16.2. The van der Waals surface area contributed by atoms with Crippen molar-refractivity contribution >= 4 is 6.03 Å². The molecule has 102 valence electrons. The lowest BCUT2D eigenvalue weighted by Gasteiger charge is -2.20. The number of amides is 2. The fourth-order valence-corrected chi connectivity index (χ4v) is 1.60. The quantitative estimate of drug-likeness (QED) is 0.811. The van der Waals surface area contributed by atoms with E-state index in [9.17, 15) is 4.79 Å². The Morgan fingerprint density at radius 3 is 2.74 bits per heavy atom. The molecule has 2 amide bonds. The molecule has 0 radical (unpaired) electrons. The zero-order valence-corrected chi connectivity index (χ0v) is 11.6. The van der Waals surface area contributed by atoms with Crippen LogP contribution in [0.25, 0.3) is 0 Å². The summed E-state index contributed by atoms with van der Waals surface area (Å²) in [6, 6.07) is 7.61. The maximum Gasteiger partial charge on any atom is 0.317 e. The first kappa shape index (κ1) is 15.1. The van der Waals surface area contributed by atoms with Crippen LogP contribution in [0.5, 0.6) is 0 Å². The Bertz CT molecular complexity index is 486. The summed E-state index contributed by atoms with van der Waals surface area (Å²) in [5.74, 6) is 5.52. The number of hydrogen-bond donors (Lipinski definition) is 2. The van der Waals surface area contributed by atoms with Crippen LogP contribution in [0.15, 0.2) is 24.3 Å². The summed E-state index contributed by atoms with van der Waals surface area (Å²) in [5, 5.41) is 11.6. The molecule has 0 fully saturated rings. The molecule has 19 heavy (non-hydrogen) atoms. The van der Waals surface area contributed by atoms with E-state index >= 15 is 0 Å². The standard InChI is InChI=1S/C15H20N2O2/c1-12(2)16-15(19)17(3)11-14-8-5-4-7-13(14)9-6-10-18/h4-5,7-8,12,18H,10-11H2,1-3H3,(H,16,19). The second-order valence-corrected chi connectivity index (χ2v) is 4.58. The number of urea groups is 1. The Labute approximate surface area is 114 Å². The SMILES string of the molecule is CC(C)NC(=O)N(C)Cc1ccccc1C#CCO. The zero-order chi connectivity index (χ0) is 14.3. The Balaban J connectivity index is 2.79. The van der Waals surface area contributed by atoms with Crippen molar-refractivity contribution in [3.8, 4) is 11.8 Å². The van der Waals surface area contributed by atoms with Crippen LogP contribution in [0.1, 0.15) is 25.0 Å². The number of carbonyl (C=O) groups excluding carboxylic acids is 1. The molecule has 4 nitrogen and oxygen atoms in total. The van der Waals surface area contributed by atoms with Gasteiger partial charge in [-0.15, -0.1) is 0 Å². The number of carbonyl (C=O) groups is 1. The van der Waals surface area contributed by atoms with E-state index in [1.54, 1.807) is 11.9 Å². The Morgan fingerprint density at radius 2 is 2.11 bits per heavy atom. The van der Waals surface area contributed by atoms with Crippen LogP contribution in [0.3, 0.4) is 0 Å². The minimum absolute atomic E-state index is 0.111. The molecule has 2 N–H and O–H groups in total. The summed E-state index contributed by atoms with van der Waals surface area (Å²) in [4.78, 5) is 13.4. The molecule has 0 unspecified atom stereocenters. The summed E-state index contributed by atoms with van der Waals surface area (Å²) >= 11 is 0. The van der Waals surface area contributed by atoms with Crippen molar-refractivity contribution in [2.45, 2.75) is 26.4 Å². The predicted octanol–water partition coefficient (Wildman–Crippen LogP) is 1.58. The number of aliphatic hydroxyl groups excluding tert-OH is 1. The van der Waals surface area contributed by atoms with Gasteiger partial charge in [0.05, 0.1) is 0 Å². The molecule has 1 rings (SSSR count). The van der Waals surface area contributed by atoms with Gasteiger partial charge in [0.25, 0.3) is 0 Å². The maximum atomic E-state index is 11.8. The highest BCUT2D eigenvalue weighted by Crippen LogP contribution is 2.10. The first-order valence-electron chi connectivity index (χ1n) is 6.24. The molecule has 0 heterocycles. The number of hydrogen-bond acceptors (Lipinski definition) is 2. The molecule has 0 aliphatic carbocycles. The number of aliphatic hydroxyl groups is 1. The van der Waals surface area contributed by atoms with E-state index in [2.05, 4.69) is 17.2 Å². The second kappa shape index (κ2) is 7.45. The van der Waals surface area contributed by atoms with Gasteiger partial charge < -0.3 is 15.3 Å². The fourth-order valence-electron chi connectivity index (χ4n) is 1.60. The van der Waals surface area contributed by atoms with E-state index in [0.717, 1.165) is 11.1 Å². The van der Waals surface area contributed by atoms with Crippen molar-refractivity contribution in [2.24, 2.45) is 0 Å². The van der Waals surface area contributed by atoms with E-state index in [0.29, 0.717) is 6.54 Å². The lowest BCUT2D eigenvalue weighted by Crippen LogP contribution is -2.40. The van der Waals surface area contributed by atoms with Gasteiger partial charge in [0, 0.05) is 25.2 Å². The van der Waals surface area contributed by atoms with Gasteiger partial charge in [0.15, 0.2) is 0 Å². The molecule has 0 saturated carbocycles. The van der Waals surface area contributed by atoms with Gasteiger partial charge in [-0.1, -0.05) is 30.0 Å². The van der Waals surface area contributed by atoms with E-state index in [1.807, 2.05) is 38.1 Å². The summed E-state index contributed by atoms with van der Waals surface area (Å²) < 4.78 is 0. The molecule has 1 aromatic carbocycles. The van der Waals surface area contributed by atoms with Crippen LogP contribution in [0.2, 0.25) is 0 Å². The van der Waals surface area contributed by atoms with Gasteiger partial charge in [-0.3, -0.25) is 0 Å². The van der Waals surface area contributed by atoms with E-state index in [-0.39, 0.29) is 18.7 Å². The molecule has 0 aliphatic rings. The molecule has 0 spiro atoms. The monoisotopic (exact) mass is 260 g/mol. The maximum absolute atomic E-state index is 11.8. The molecule has 4 heteroatoms. The van der Waals surface area contributed by atoms with Crippen molar-refractivity contribution < 1.29 is 9.90 Å². The minimum Gasteiger partial charge on any atom is -0.384 e. The van der Waals surface area contributed by atoms with Gasteiger partial charge in [-0.05, 0) is 25.5 Å². The highest BCUT2D eigenvalue weighted by Gasteiger charge is 2.11. The Kier molecular flexibility index (Phi) is 5.91. The molecule has 1 aromatic rings. The third kappa shape index (κ3) is 5.02. The van der Waals surface area contributed by atoms with Gasteiger partial charge in [-0.2, -0.15) is 0 Å². The van der Waals surface area contributed by atoms with Gasteiger partial charge in [-0.25, -0.2) is 4.79 Å². The van der Waals surface area contributed by atoms with Crippen molar-refractivity contribution in [3.05, 3.63) is 35.4 Å². The number of rotatable bonds is 3. The summed E-state index contributed by atoms with van der Waals surface area (Å²) in [7, 11) is 1.74. The van der Waals surface area contributed by atoms with Crippen molar-refractivity contribution in [2.75, 3.05) is 13.7 Å². The smallest absolute Gasteiger partial charge is 0.317 e. The van der Waals surface area contributed by atoms with Crippen LogP contribution < -0.4 is 5.32 Å². The first-order chi connectivity index (χ1) is 9.04. The highest BCUT2D eigenvalue weighted by molar-refractivity contribution is 5.74. The number of nitrogens with zero attached hydrogens (tertiary/aromatic N) is 1. The Morgan fingerprint density at radius 1 is 1.42 bits per heavy atom. The van der Waals surface area contributed by atoms with Gasteiger partial charge >= 0.3 is 6.03 Å². The molecule has 0 saturated heterocycles. The van der Waals surface area contributed by atoms with Crippen molar-refractivity contribution in [3.63, 3.8) is 0 Å². The largest absolute Gasteiger partial charge is 0.384 e. The van der Waals surface area contributed by atoms with E-state index in [4.69, 9.17) is 5.11 Å². The minimum atomic E-state index is -0.169. The zero-order valence-electron chi connectivity index (χ0n) is 11.6. The molecule has 0 aliphatic heterocycles. The summed E-state index contributed by atoms with van der Waals surface area (Å²) in [5.41, 5.74) is 1.80. The molecular weight excluding hydrogens is 240 g/mol. The average Bonchev–Trinajstić information content (AvgIpc) is 2.36. The third-order valence-corrected chi connectivity index (χ3v) is 2.49. The summed E-state index contributed by atoms with van der Waals surface area (Å²) in [6.45, 7) is 4.16. The van der Waals surface area contributed by atoms with Crippen molar-refractivity contribution in [1.29, 1.82) is 0 Å². The van der Waals surface area contributed by atoms with E-state index in [1.165, 1.54) is 0 Å². The third-order valence-electron chi connectivity index (χ3n) is 2.49. The van der Waals surface area contributed by atoms with Crippen LogP contribution >= 0.6 is 0 Å². The topological polar surface area (TPSA) is 52.6 Å². The second-order valence-electron chi connectivity index (χ2n) is 4.58. The average molecular weight is 260 g/mol. The van der Waals surface area contributed by atoms with Gasteiger partial charge in [0.2, 0.25) is 0 Å². The predicted molar refractivity (Wildman–Crippen MR) is 75.5 cm³/mol. The van der Waals surface area contributed by atoms with E-state index < -0.39 is 0 Å². The fraction of sp³-hybridized carbons (Fsp3) is 0.400. The molecule has 0 aromatic heterocycles. The summed E-state index contributed by atoms with van der Waals surface area (Å²) in [6.07, 6.45) is 0. The Hall–Kier alpha value is -1.99. The lowest BCUT2D eigenvalue weighted by atomic mass is 10.1. The number of nitrogens with one attached hydrogen (secondary N) is 1. The van der Waals surface area contributed by atoms with Crippen LogP contribution in [0.4, 0.5) is 4.79 Å². The normalized spacial score (nSPS) is 9.74. The molecular formula is C15H20N2O2.